The first-order chi connectivity index (χ1) is 8.34. The summed E-state index contributed by atoms with van der Waals surface area (Å²) in [4.78, 5) is 16.7. The van der Waals surface area contributed by atoms with Gasteiger partial charge in [0, 0.05) is 38.8 Å². The summed E-state index contributed by atoms with van der Waals surface area (Å²) in [5.74, 6) is 0.222. The Morgan fingerprint density at radius 1 is 1.18 bits per heavy atom. The molecule has 1 amide bonds. The molecule has 0 aromatic carbocycles. The maximum absolute atomic E-state index is 12.2. The predicted octanol–water partition coefficient (Wildman–Crippen LogP) is -0.719. The number of piperazine rings is 1. The lowest BCUT2D eigenvalue weighted by Gasteiger charge is -2.37. The quantitative estimate of drug-likeness (QED) is 0.691. The van der Waals surface area contributed by atoms with E-state index in [1.54, 1.807) is 0 Å². The average molecular weight is 239 g/mol. The van der Waals surface area contributed by atoms with Gasteiger partial charge in [-0.3, -0.25) is 9.69 Å². The maximum Gasteiger partial charge on any atom is 0.242 e. The lowest BCUT2D eigenvalue weighted by atomic mass is 10.2. The van der Waals surface area contributed by atoms with E-state index in [1.165, 1.54) is 12.8 Å². The summed E-state index contributed by atoms with van der Waals surface area (Å²) in [6.07, 6.45) is 2.71. The number of carbonyl (C=O) groups is 1. The van der Waals surface area contributed by atoms with Gasteiger partial charge in [-0.1, -0.05) is 0 Å². The summed E-state index contributed by atoms with van der Waals surface area (Å²) < 4.78 is 5.34. The fraction of sp³-hybridized carbons (Fsp3) is 0.917. The monoisotopic (exact) mass is 239 g/mol. The maximum atomic E-state index is 12.2. The van der Waals surface area contributed by atoms with E-state index < -0.39 is 0 Å². The van der Waals surface area contributed by atoms with Crippen LogP contribution in [0.15, 0.2) is 0 Å². The number of rotatable bonds is 2. The van der Waals surface area contributed by atoms with Gasteiger partial charge >= 0.3 is 0 Å². The van der Waals surface area contributed by atoms with Gasteiger partial charge < -0.3 is 15.0 Å². The number of hydrogen-bond acceptors (Lipinski definition) is 4. The fourth-order valence-corrected chi connectivity index (χ4v) is 2.69. The summed E-state index contributed by atoms with van der Waals surface area (Å²) in [7, 11) is 0. The molecule has 2 heterocycles. The molecule has 0 radical (unpaired) electrons. The molecular weight excluding hydrogens is 218 g/mol. The van der Waals surface area contributed by atoms with Crippen molar-refractivity contribution in [1.82, 2.24) is 15.1 Å². The largest absolute Gasteiger partial charge is 0.378 e. The predicted molar refractivity (Wildman–Crippen MR) is 63.8 cm³/mol. The number of nitrogens with zero attached hydrogens (tertiary/aromatic N) is 2. The normalized spacial score (nSPS) is 31.5. The number of ether oxygens (including phenoxy) is 1. The lowest BCUT2D eigenvalue weighted by Crippen LogP contribution is -2.57. The molecule has 3 aliphatic rings. The van der Waals surface area contributed by atoms with E-state index in [4.69, 9.17) is 4.74 Å². The van der Waals surface area contributed by atoms with Gasteiger partial charge in [-0.15, -0.1) is 0 Å². The van der Waals surface area contributed by atoms with E-state index >= 15 is 0 Å². The molecule has 0 aromatic rings. The number of nitrogens with one attached hydrogen (secondary N) is 1. The molecule has 5 heteroatoms. The van der Waals surface area contributed by atoms with Crippen LogP contribution in [0.5, 0.6) is 0 Å². The summed E-state index contributed by atoms with van der Waals surface area (Å²) >= 11 is 0. The van der Waals surface area contributed by atoms with Crippen LogP contribution in [0.3, 0.4) is 0 Å². The van der Waals surface area contributed by atoms with Crippen molar-refractivity contribution < 1.29 is 9.53 Å². The second kappa shape index (κ2) is 4.92. The van der Waals surface area contributed by atoms with Crippen molar-refractivity contribution in [3.05, 3.63) is 0 Å². The van der Waals surface area contributed by atoms with Gasteiger partial charge in [0.05, 0.1) is 13.2 Å². The van der Waals surface area contributed by atoms with Crippen LogP contribution >= 0.6 is 0 Å². The van der Waals surface area contributed by atoms with Gasteiger partial charge in [-0.2, -0.15) is 0 Å². The van der Waals surface area contributed by atoms with Crippen molar-refractivity contribution in [3.63, 3.8) is 0 Å². The minimum absolute atomic E-state index is 0.115. The van der Waals surface area contributed by atoms with E-state index in [2.05, 4.69) is 10.2 Å². The van der Waals surface area contributed by atoms with E-state index in [-0.39, 0.29) is 11.9 Å². The van der Waals surface area contributed by atoms with Crippen LogP contribution < -0.4 is 5.32 Å². The SMILES string of the molecule is O=C(C1COCCN1)N1CCN(C2CC2)CC1. The second-order valence-corrected chi connectivity index (χ2v) is 5.17. The van der Waals surface area contributed by atoms with E-state index in [0.717, 1.165) is 45.4 Å². The molecule has 5 nitrogen and oxygen atoms in total. The highest BCUT2D eigenvalue weighted by Crippen LogP contribution is 2.27. The summed E-state index contributed by atoms with van der Waals surface area (Å²) in [5.41, 5.74) is 0. The molecule has 1 atom stereocenters. The van der Waals surface area contributed by atoms with E-state index in [1.807, 2.05) is 4.90 Å². The van der Waals surface area contributed by atoms with Crippen LogP contribution in [-0.2, 0) is 9.53 Å². The highest BCUT2D eigenvalue weighted by Gasteiger charge is 2.34. The molecule has 3 fully saturated rings. The zero-order chi connectivity index (χ0) is 11.7. The zero-order valence-corrected chi connectivity index (χ0v) is 10.2. The molecule has 96 valence electrons. The van der Waals surface area contributed by atoms with Crippen molar-refractivity contribution in [2.45, 2.75) is 24.9 Å². The third kappa shape index (κ3) is 2.61. The highest BCUT2D eigenvalue weighted by molar-refractivity contribution is 5.82. The van der Waals surface area contributed by atoms with Gasteiger partial charge in [0.1, 0.15) is 6.04 Å². The Morgan fingerprint density at radius 3 is 2.53 bits per heavy atom. The van der Waals surface area contributed by atoms with Gasteiger partial charge in [0.25, 0.3) is 0 Å². The molecule has 0 spiro atoms. The molecule has 0 bridgehead atoms. The Bertz CT molecular complexity index is 279. The van der Waals surface area contributed by atoms with Gasteiger partial charge in [-0.25, -0.2) is 0 Å². The van der Waals surface area contributed by atoms with Crippen LogP contribution in [0.25, 0.3) is 0 Å². The molecule has 0 aromatic heterocycles. The summed E-state index contributed by atoms with van der Waals surface area (Å²) in [6.45, 7) is 5.90. The fourth-order valence-electron chi connectivity index (χ4n) is 2.69. The molecular formula is C12H21N3O2. The van der Waals surface area contributed by atoms with Crippen molar-refractivity contribution in [2.75, 3.05) is 45.9 Å². The van der Waals surface area contributed by atoms with Crippen LogP contribution in [-0.4, -0.2) is 73.7 Å². The van der Waals surface area contributed by atoms with Crippen molar-refractivity contribution in [1.29, 1.82) is 0 Å². The van der Waals surface area contributed by atoms with Crippen molar-refractivity contribution in [2.24, 2.45) is 0 Å². The van der Waals surface area contributed by atoms with Crippen LogP contribution in [0.2, 0.25) is 0 Å². The summed E-state index contributed by atoms with van der Waals surface area (Å²) in [5, 5.41) is 3.23. The average Bonchev–Trinajstić information content (AvgIpc) is 3.24. The number of hydrogen-bond donors (Lipinski definition) is 1. The third-order valence-corrected chi connectivity index (χ3v) is 3.91. The molecule has 17 heavy (non-hydrogen) atoms. The van der Waals surface area contributed by atoms with Gasteiger partial charge in [-0.05, 0) is 12.8 Å². The van der Waals surface area contributed by atoms with Crippen LogP contribution in [0.4, 0.5) is 0 Å². The summed E-state index contributed by atoms with van der Waals surface area (Å²) in [6, 6.07) is 0.708. The Balaban J connectivity index is 1.49. The number of morpholine rings is 1. The number of amides is 1. The van der Waals surface area contributed by atoms with Crippen molar-refractivity contribution in [3.8, 4) is 0 Å². The zero-order valence-electron chi connectivity index (χ0n) is 10.2. The Kier molecular flexibility index (Phi) is 3.31. The first kappa shape index (κ1) is 11.4. The number of carbonyl (C=O) groups excluding carboxylic acids is 1. The smallest absolute Gasteiger partial charge is 0.242 e. The first-order valence-corrected chi connectivity index (χ1v) is 6.68. The second-order valence-electron chi connectivity index (χ2n) is 5.17. The van der Waals surface area contributed by atoms with Crippen LogP contribution in [0.1, 0.15) is 12.8 Å². The molecule has 1 unspecified atom stereocenters. The third-order valence-electron chi connectivity index (χ3n) is 3.91. The topological polar surface area (TPSA) is 44.8 Å². The van der Waals surface area contributed by atoms with E-state index in [0.29, 0.717) is 6.61 Å². The molecule has 2 aliphatic heterocycles. The molecule has 1 aliphatic carbocycles. The molecule has 3 rings (SSSR count). The van der Waals surface area contributed by atoms with Gasteiger partial charge in [0.15, 0.2) is 0 Å². The Morgan fingerprint density at radius 2 is 1.94 bits per heavy atom. The molecule has 2 saturated heterocycles. The highest BCUT2D eigenvalue weighted by atomic mass is 16.5. The Labute approximate surface area is 102 Å². The molecule has 1 saturated carbocycles. The standard InChI is InChI=1S/C12H21N3O2/c16-12(11-9-17-8-3-13-11)15-6-4-14(5-7-15)10-1-2-10/h10-11,13H,1-9H2. The molecule has 1 N–H and O–H groups in total. The minimum Gasteiger partial charge on any atom is -0.378 e. The van der Waals surface area contributed by atoms with E-state index in [9.17, 15) is 4.79 Å². The lowest BCUT2D eigenvalue weighted by molar-refractivity contribution is -0.138. The van der Waals surface area contributed by atoms with Gasteiger partial charge in [0.2, 0.25) is 5.91 Å². The van der Waals surface area contributed by atoms with Crippen LogP contribution in [0, 0.1) is 0 Å². The van der Waals surface area contributed by atoms with Crippen molar-refractivity contribution >= 4 is 5.91 Å². The first-order valence-electron chi connectivity index (χ1n) is 6.68. The minimum atomic E-state index is -0.115. The Hall–Kier alpha value is -0.650.